The summed E-state index contributed by atoms with van der Waals surface area (Å²) in [5.74, 6) is -0.551. The lowest BCUT2D eigenvalue weighted by Gasteiger charge is -2.31. The first-order valence-corrected chi connectivity index (χ1v) is 6.79. The van der Waals surface area contributed by atoms with Gasteiger partial charge in [0.05, 0.1) is 20.3 Å². The lowest BCUT2D eigenvalue weighted by molar-refractivity contribution is -0.158. The number of esters is 1. The van der Waals surface area contributed by atoms with Crippen LogP contribution in [0.2, 0.25) is 0 Å². The van der Waals surface area contributed by atoms with Crippen LogP contribution in [0.1, 0.15) is 10.4 Å². The SMILES string of the molecule is COC(=O)C1CN(C(=O)c2cccc(N(C)C)c2)CCO1. The zero-order chi connectivity index (χ0) is 15.4. The largest absolute Gasteiger partial charge is 0.467 e. The van der Waals surface area contributed by atoms with E-state index < -0.39 is 12.1 Å². The Balaban J connectivity index is 2.12. The lowest BCUT2D eigenvalue weighted by Crippen LogP contribution is -2.48. The van der Waals surface area contributed by atoms with Crippen molar-refractivity contribution < 1.29 is 19.1 Å². The molecule has 0 N–H and O–H groups in total. The molecule has 114 valence electrons. The Labute approximate surface area is 124 Å². The molecule has 1 saturated heterocycles. The van der Waals surface area contributed by atoms with Gasteiger partial charge in [-0.1, -0.05) is 6.07 Å². The molecule has 1 atom stereocenters. The van der Waals surface area contributed by atoms with Crippen LogP contribution >= 0.6 is 0 Å². The fraction of sp³-hybridized carbons (Fsp3) is 0.467. The average Bonchev–Trinajstić information content (AvgIpc) is 2.53. The van der Waals surface area contributed by atoms with Crippen LogP contribution in [0.15, 0.2) is 24.3 Å². The number of anilines is 1. The highest BCUT2D eigenvalue weighted by Gasteiger charge is 2.30. The molecule has 2 rings (SSSR count). The molecule has 0 bridgehead atoms. The second kappa shape index (κ2) is 6.58. The standard InChI is InChI=1S/C15H20N2O4/c1-16(2)12-6-4-5-11(9-12)14(18)17-7-8-21-13(10-17)15(19)20-3/h4-6,9,13H,7-8,10H2,1-3H3. The first-order chi connectivity index (χ1) is 10.0. The number of hydrogen-bond acceptors (Lipinski definition) is 5. The minimum absolute atomic E-state index is 0.101. The van der Waals surface area contributed by atoms with E-state index in [1.165, 1.54) is 7.11 Å². The van der Waals surface area contributed by atoms with Crippen molar-refractivity contribution in [3.63, 3.8) is 0 Å². The van der Waals surface area contributed by atoms with Crippen molar-refractivity contribution in [1.29, 1.82) is 0 Å². The van der Waals surface area contributed by atoms with E-state index >= 15 is 0 Å². The van der Waals surface area contributed by atoms with Gasteiger partial charge in [-0.2, -0.15) is 0 Å². The van der Waals surface area contributed by atoms with Crippen LogP contribution < -0.4 is 4.90 Å². The predicted molar refractivity (Wildman–Crippen MR) is 78.4 cm³/mol. The molecular weight excluding hydrogens is 272 g/mol. The Morgan fingerprint density at radius 3 is 2.81 bits per heavy atom. The van der Waals surface area contributed by atoms with Gasteiger partial charge in [-0.3, -0.25) is 4.79 Å². The highest BCUT2D eigenvalue weighted by Crippen LogP contribution is 2.17. The van der Waals surface area contributed by atoms with Gasteiger partial charge in [0.2, 0.25) is 0 Å². The molecule has 0 spiro atoms. The third-order valence-electron chi connectivity index (χ3n) is 3.43. The highest BCUT2D eigenvalue weighted by atomic mass is 16.6. The van der Waals surface area contributed by atoms with Crippen LogP contribution in [0.3, 0.4) is 0 Å². The number of amides is 1. The number of benzene rings is 1. The van der Waals surface area contributed by atoms with E-state index in [0.29, 0.717) is 18.7 Å². The Bertz CT molecular complexity index is 530. The van der Waals surface area contributed by atoms with Gasteiger partial charge in [0.25, 0.3) is 5.91 Å². The molecular formula is C15H20N2O4. The van der Waals surface area contributed by atoms with Crippen molar-refractivity contribution in [3.8, 4) is 0 Å². The Morgan fingerprint density at radius 2 is 2.14 bits per heavy atom. The first kappa shape index (κ1) is 15.3. The van der Waals surface area contributed by atoms with Gasteiger partial charge in [-0.05, 0) is 18.2 Å². The Morgan fingerprint density at radius 1 is 1.38 bits per heavy atom. The fourth-order valence-electron chi connectivity index (χ4n) is 2.21. The fourth-order valence-corrected chi connectivity index (χ4v) is 2.21. The smallest absolute Gasteiger partial charge is 0.336 e. The van der Waals surface area contributed by atoms with Gasteiger partial charge in [0.1, 0.15) is 0 Å². The summed E-state index contributed by atoms with van der Waals surface area (Å²) in [5, 5.41) is 0. The summed E-state index contributed by atoms with van der Waals surface area (Å²) in [4.78, 5) is 27.6. The maximum atomic E-state index is 12.5. The molecule has 1 aliphatic rings. The van der Waals surface area contributed by atoms with Crippen LogP contribution in [0, 0.1) is 0 Å². The van der Waals surface area contributed by atoms with E-state index in [-0.39, 0.29) is 12.5 Å². The number of ether oxygens (including phenoxy) is 2. The van der Waals surface area contributed by atoms with Crippen molar-refractivity contribution in [2.75, 3.05) is 45.8 Å². The molecule has 1 fully saturated rings. The van der Waals surface area contributed by atoms with Crippen LogP contribution in [0.4, 0.5) is 5.69 Å². The van der Waals surface area contributed by atoms with Gasteiger partial charge in [-0.15, -0.1) is 0 Å². The number of rotatable bonds is 3. The number of methoxy groups -OCH3 is 1. The van der Waals surface area contributed by atoms with Crippen molar-refractivity contribution >= 4 is 17.6 Å². The molecule has 1 aromatic carbocycles. The summed E-state index contributed by atoms with van der Waals surface area (Å²) in [5.41, 5.74) is 1.56. The zero-order valence-electron chi connectivity index (χ0n) is 12.5. The van der Waals surface area contributed by atoms with Crippen LogP contribution in [0.5, 0.6) is 0 Å². The maximum Gasteiger partial charge on any atom is 0.336 e. The van der Waals surface area contributed by atoms with Crippen molar-refractivity contribution in [3.05, 3.63) is 29.8 Å². The first-order valence-electron chi connectivity index (χ1n) is 6.79. The van der Waals surface area contributed by atoms with Gasteiger partial charge in [-0.25, -0.2) is 4.79 Å². The monoisotopic (exact) mass is 292 g/mol. The minimum Gasteiger partial charge on any atom is -0.467 e. The van der Waals surface area contributed by atoms with Gasteiger partial charge >= 0.3 is 5.97 Å². The average molecular weight is 292 g/mol. The van der Waals surface area contributed by atoms with Crippen LogP contribution in [-0.2, 0) is 14.3 Å². The molecule has 0 aliphatic carbocycles. The summed E-state index contributed by atoms with van der Waals surface area (Å²) < 4.78 is 10.00. The summed E-state index contributed by atoms with van der Waals surface area (Å²) in [6, 6.07) is 7.40. The molecule has 6 nitrogen and oxygen atoms in total. The number of nitrogens with zero attached hydrogens (tertiary/aromatic N) is 2. The van der Waals surface area contributed by atoms with Gasteiger partial charge < -0.3 is 19.3 Å². The Kier molecular flexibility index (Phi) is 4.80. The third-order valence-corrected chi connectivity index (χ3v) is 3.43. The van der Waals surface area contributed by atoms with E-state index in [9.17, 15) is 9.59 Å². The molecule has 1 heterocycles. The van der Waals surface area contributed by atoms with E-state index in [0.717, 1.165) is 5.69 Å². The third kappa shape index (κ3) is 3.52. The van der Waals surface area contributed by atoms with Gasteiger partial charge in [0, 0.05) is 31.9 Å². The minimum atomic E-state index is -0.704. The normalized spacial score (nSPS) is 18.2. The second-order valence-corrected chi connectivity index (χ2v) is 5.08. The quantitative estimate of drug-likeness (QED) is 0.770. The summed E-state index contributed by atoms with van der Waals surface area (Å²) in [7, 11) is 5.16. The van der Waals surface area contributed by atoms with Crippen molar-refractivity contribution in [1.82, 2.24) is 4.90 Å². The van der Waals surface area contributed by atoms with Crippen molar-refractivity contribution in [2.24, 2.45) is 0 Å². The molecule has 0 saturated carbocycles. The summed E-state index contributed by atoms with van der Waals surface area (Å²) >= 11 is 0. The number of carbonyl (C=O) groups excluding carboxylic acids is 2. The molecule has 0 aromatic heterocycles. The number of carbonyl (C=O) groups is 2. The van der Waals surface area contributed by atoms with E-state index in [4.69, 9.17) is 4.74 Å². The van der Waals surface area contributed by atoms with E-state index in [1.807, 2.05) is 37.2 Å². The number of hydrogen-bond donors (Lipinski definition) is 0. The Hall–Kier alpha value is -2.08. The lowest BCUT2D eigenvalue weighted by atomic mass is 10.1. The summed E-state index contributed by atoms with van der Waals surface area (Å²) in [6.45, 7) is 1.02. The van der Waals surface area contributed by atoms with Crippen molar-refractivity contribution in [2.45, 2.75) is 6.10 Å². The molecule has 1 aromatic rings. The predicted octanol–water partition coefficient (Wildman–Crippen LogP) is 0.767. The molecule has 1 unspecified atom stereocenters. The molecule has 1 aliphatic heterocycles. The molecule has 0 radical (unpaired) electrons. The van der Waals surface area contributed by atoms with E-state index in [1.54, 1.807) is 11.0 Å². The highest BCUT2D eigenvalue weighted by molar-refractivity contribution is 5.95. The topological polar surface area (TPSA) is 59.1 Å². The van der Waals surface area contributed by atoms with E-state index in [2.05, 4.69) is 4.74 Å². The molecule has 6 heteroatoms. The van der Waals surface area contributed by atoms with Crippen LogP contribution in [-0.4, -0.2) is 63.8 Å². The number of morpholine rings is 1. The summed E-state index contributed by atoms with van der Waals surface area (Å²) in [6.07, 6.45) is -0.704. The second-order valence-electron chi connectivity index (χ2n) is 5.08. The molecule has 21 heavy (non-hydrogen) atoms. The van der Waals surface area contributed by atoms with Crippen LogP contribution in [0.25, 0.3) is 0 Å². The zero-order valence-corrected chi connectivity index (χ0v) is 12.5. The molecule has 1 amide bonds. The van der Waals surface area contributed by atoms with Gasteiger partial charge in [0.15, 0.2) is 6.10 Å². The maximum absolute atomic E-state index is 12.5.